The molecule has 0 fully saturated rings. The van der Waals surface area contributed by atoms with Crippen molar-refractivity contribution in [1.29, 1.82) is 0 Å². The second-order valence-electron chi connectivity index (χ2n) is 2.92. The minimum Gasteiger partial charge on any atom is -0.397 e. The number of hydrogen-bond acceptors (Lipinski definition) is 2. The van der Waals surface area contributed by atoms with Crippen molar-refractivity contribution in [2.45, 2.75) is 26.7 Å². The van der Waals surface area contributed by atoms with E-state index in [0.29, 0.717) is 0 Å². The lowest BCUT2D eigenvalue weighted by molar-refractivity contribution is 1.11. The number of nitrogens with two attached hydrogens (primary N) is 2. The largest absolute Gasteiger partial charge is 0.397 e. The molecule has 0 spiro atoms. The molecule has 1 rings (SSSR count). The van der Waals surface area contributed by atoms with Crippen LogP contribution in [0, 0.1) is 0 Å². The molecule has 12 heavy (non-hydrogen) atoms. The Balaban J connectivity index is 3.20. The molecule has 4 N–H and O–H groups in total. The molecule has 0 radical (unpaired) electrons. The molecule has 66 valence electrons. The Labute approximate surface area is 73.6 Å². The molecular weight excluding hydrogens is 148 g/mol. The Morgan fingerprint density at radius 1 is 0.917 bits per heavy atom. The Bertz CT molecular complexity index is 250. The van der Waals surface area contributed by atoms with Crippen molar-refractivity contribution in [3.8, 4) is 0 Å². The molecule has 0 unspecified atom stereocenters. The van der Waals surface area contributed by atoms with Gasteiger partial charge in [-0.25, -0.2) is 0 Å². The van der Waals surface area contributed by atoms with Crippen molar-refractivity contribution in [1.82, 2.24) is 0 Å². The zero-order valence-electron chi connectivity index (χ0n) is 7.72. The van der Waals surface area contributed by atoms with Crippen LogP contribution in [-0.4, -0.2) is 0 Å². The second kappa shape index (κ2) is 3.48. The van der Waals surface area contributed by atoms with Crippen LogP contribution in [0.4, 0.5) is 11.4 Å². The van der Waals surface area contributed by atoms with Gasteiger partial charge in [-0.1, -0.05) is 26.0 Å². The normalized spacial score (nSPS) is 10.2. The van der Waals surface area contributed by atoms with Crippen LogP contribution in [0.3, 0.4) is 0 Å². The first-order valence-corrected chi connectivity index (χ1v) is 4.36. The molecule has 2 nitrogen and oxygen atoms in total. The van der Waals surface area contributed by atoms with E-state index >= 15 is 0 Å². The van der Waals surface area contributed by atoms with Crippen LogP contribution >= 0.6 is 0 Å². The average molecular weight is 164 g/mol. The van der Waals surface area contributed by atoms with Crippen molar-refractivity contribution >= 4 is 11.4 Å². The van der Waals surface area contributed by atoms with Crippen LogP contribution < -0.4 is 11.5 Å². The minimum atomic E-state index is 0.761. The lowest BCUT2D eigenvalue weighted by Crippen LogP contribution is -2.02. The monoisotopic (exact) mass is 164 g/mol. The number of anilines is 2. The summed E-state index contributed by atoms with van der Waals surface area (Å²) >= 11 is 0. The summed E-state index contributed by atoms with van der Waals surface area (Å²) in [6, 6.07) is 4.12. The molecule has 0 heterocycles. The first-order chi connectivity index (χ1) is 5.70. The van der Waals surface area contributed by atoms with E-state index in [4.69, 9.17) is 11.5 Å². The van der Waals surface area contributed by atoms with Crippen LogP contribution in [0.5, 0.6) is 0 Å². The van der Waals surface area contributed by atoms with Gasteiger partial charge in [-0.05, 0) is 24.0 Å². The zero-order valence-corrected chi connectivity index (χ0v) is 7.72. The molecule has 0 aromatic heterocycles. The molecule has 1 aromatic rings. The van der Waals surface area contributed by atoms with Crippen LogP contribution in [0.2, 0.25) is 0 Å². The summed E-state index contributed by atoms with van der Waals surface area (Å²) in [6.07, 6.45) is 1.89. The third-order valence-electron chi connectivity index (χ3n) is 2.23. The van der Waals surface area contributed by atoms with Gasteiger partial charge >= 0.3 is 0 Å². The number of benzene rings is 1. The van der Waals surface area contributed by atoms with Crippen molar-refractivity contribution in [3.63, 3.8) is 0 Å². The van der Waals surface area contributed by atoms with Gasteiger partial charge < -0.3 is 11.5 Å². The van der Waals surface area contributed by atoms with E-state index in [9.17, 15) is 0 Å². The lowest BCUT2D eigenvalue weighted by Gasteiger charge is -2.09. The first-order valence-electron chi connectivity index (χ1n) is 4.36. The number of hydrogen-bond donors (Lipinski definition) is 2. The topological polar surface area (TPSA) is 52.0 Å². The highest BCUT2D eigenvalue weighted by Crippen LogP contribution is 2.24. The summed E-state index contributed by atoms with van der Waals surface area (Å²) in [7, 11) is 0. The molecule has 0 saturated heterocycles. The Morgan fingerprint density at radius 3 is 1.50 bits per heavy atom. The van der Waals surface area contributed by atoms with Crippen molar-refractivity contribution in [2.75, 3.05) is 11.5 Å². The van der Waals surface area contributed by atoms with E-state index in [0.717, 1.165) is 35.3 Å². The summed E-state index contributed by atoms with van der Waals surface area (Å²) < 4.78 is 0. The molecule has 0 amide bonds. The molecule has 1 aromatic carbocycles. The molecular formula is C10H16N2. The van der Waals surface area contributed by atoms with Gasteiger partial charge in [-0.2, -0.15) is 0 Å². The first kappa shape index (κ1) is 8.91. The maximum atomic E-state index is 5.84. The summed E-state index contributed by atoms with van der Waals surface area (Å²) in [5.74, 6) is 0. The van der Waals surface area contributed by atoms with Crippen molar-refractivity contribution in [2.24, 2.45) is 0 Å². The van der Waals surface area contributed by atoms with E-state index < -0.39 is 0 Å². The van der Waals surface area contributed by atoms with Gasteiger partial charge in [0.05, 0.1) is 11.4 Å². The van der Waals surface area contributed by atoms with Crippen LogP contribution in [0.25, 0.3) is 0 Å². The van der Waals surface area contributed by atoms with E-state index in [2.05, 4.69) is 26.0 Å². The quantitative estimate of drug-likeness (QED) is 0.657. The maximum absolute atomic E-state index is 5.84. The van der Waals surface area contributed by atoms with Crippen molar-refractivity contribution in [3.05, 3.63) is 23.3 Å². The Morgan fingerprint density at radius 2 is 1.25 bits per heavy atom. The average Bonchev–Trinajstić information content (AvgIpc) is 2.10. The molecule has 2 heteroatoms. The fourth-order valence-corrected chi connectivity index (χ4v) is 1.34. The standard InChI is InChI=1S/C10H16N2/c1-3-7-5-6-8(4-2)10(12)9(7)11/h5-6H,3-4,11-12H2,1-2H3. The van der Waals surface area contributed by atoms with Crippen LogP contribution in [0.1, 0.15) is 25.0 Å². The van der Waals surface area contributed by atoms with Crippen LogP contribution in [0.15, 0.2) is 12.1 Å². The second-order valence-corrected chi connectivity index (χ2v) is 2.92. The zero-order chi connectivity index (χ0) is 9.14. The predicted molar refractivity (Wildman–Crippen MR) is 54.0 cm³/mol. The Hall–Kier alpha value is -1.18. The number of aryl methyl sites for hydroxylation is 2. The van der Waals surface area contributed by atoms with E-state index in [1.54, 1.807) is 0 Å². The Kier molecular flexibility index (Phi) is 2.58. The fourth-order valence-electron chi connectivity index (χ4n) is 1.34. The SMILES string of the molecule is CCc1ccc(CC)c(N)c1N. The predicted octanol–water partition coefficient (Wildman–Crippen LogP) is 1.98. The molecule has 0 bridgehead atoms. The number of rotatable bonds is 2. The van der Waals surface area contributed by atoms with E-state index in [1.807, 2.05) is 0 Å². The minimum absolute atomic E-state index is 0.761. The summed E-state index contributed by atoms with van der Waals surface area (Å²) in [5.41, 5.74) is 15.5. The highest BCUT2D eigenvalue weighted by molar-refractivity contribution is 5.71. The molecule has 0 aliphatic heterocycles. The molecule has 0 saturated carbocycles. The summed E-state index contributed by atoms with van der Waals surface area (Å²) in [6.45, 7) is 4.16. The van der Waals surface area contributed by atoms with Gasteiger partial charge in [0.15, 0.2) is 0 Å². The molecule has 0 aliphatic carbocycles. The van der Waals surface area contributed by atoms with Gasteiger partial charge in [0.1, 0.15) is 0 Å². The van der Waals surface area contributed by atoms with E-state index in [1.165, 1.54) is 0 Å². The van der Waals surface area contributed by atoms with Gasteiger partial charge in [0, 0.05) is 0 Å². The van der Waals surface area contributed by atoms with E-state index in [-0.39, 0.29) is 0 Å². The molecule has 0 atom stereocenters. The van der Waals surface area contributed by atoms with Gasteiger partial charge in [0.2, 0.25) is 0 Å². The van der Waals surface area contributed by atoms with Gasteiger partial charge in [0.25, 0.3) is 0 Å². The van der Waals surface area contributed by atoms with Crippen LogP contribution in [-0.2, 0) is 12.8 Å². The number of nitrogen functional groups attached to an aromatic ring is 2. The summed E-state index contributed by atoms with van der Waals surface area (Å²) in [4.78, 5) is 0. The third-order valence-corrected chi connectivity index (χ3v) is 2.23. The third kappa shape index (κ3) is 1.37. The maximum Gasteiger partial charge on any atom is 0.0583 e. The van der Waals surface area contributed by atoms with Gasteiger partial charge in [-0.15, -0.1) is 0 Å². The van der Waals surface area contributed by atoms with Gasteiger partial charge in [-0.3, -0.25) is 0 Å². The summed E-state index contributed by atoms with van der Waals surface area (Å²) in [5, 5.41) is 0. The smallest absolute Gasteiger partial charge is 0.0583 e. The molecule has 0 aliphatic rings. The van der Waals surface area contributed by atoms with Crippen molar-refractivity contribution < 1.29 is 0 Å². The highest BCUT2D eigenvalue weighted by Gasteiger charge is 2.04. The highest BCUT2D eigenvalue weighted by atomic mass is 14.7. The lowest BCUT2D eigenvalue weighted by atomic mass is 10.0. The fraction of sp³-hybridized carbons (Fsp3) is 0.400.